The van der Waals surface area contributed by atoms with Crippen LogP contribution in [-0.2, 0) is 27.2 Å². The largest absolute Gasteiger partial charge is 0.497 e. The lowest BCUT2D eigenvalue weighted by Gasteiger charge is -2.22. The number of benzene rings is 2. The van der Waals surface area contributed by atoms with E-state index in [2.05, 4.69) is 12.1 Å². The molecule has 174 valence electrons. The van der Waals surface area contributed by atoms with Gasteiger partial charge in [-0.25, -0.2) is 0 Å². The maximum absolute atomic E-state index is 12.1. The third kappa shape index (κ3) is 9.39. The van der Waals surface area contributed by atoms with Crippen LogP contribution in [0.3, 0.4) is 0 Å². The number of likely N-dealkylation sites (N-methyl/N-ethyl adjacent to an activating group) is 1. The molecule has 0 aliphatic heterocycles. The molecule has 0 aromatic heterocycles. The topological polar surface area (TPSA) is 85.3 Å². The lowest BCUT2D eigenvalue weighted by atomic mass is 10.0. The van der Waals surface area contributed by atoms with Crippen LogP contribution in [0.15, 0.2) is 48.5 Å². The second kappa shape index (κ2) is 13.4. The number of ether oxygens (including phenoxy) is 3. The Balaban J connectivity index is 1.93. The highest BCUT2D eigenvalue weighted by Crippen LogP contribution is 2.21. The summed E-state index contributed by atoms with van der Waals surface area (Å²) in [5.41, 5.74) is 2.29. The molecule has 0 amide bonds. The number of carbonyl (C=O) groups is 2. The first-order valence-corrected chi connectivity index (χ1v) is 10.8. The van der Waals surface area contributed by atoms with Gasteiger partial charge in [-0.2, -0.15) is 0 Å². The Bertz CT molecular complexity index is 850. The van der Waals surface area contributed by atoms with E-state index in [1.54, 1.807) is 7.11 Å². The van der Waals surface area contributed by atoms with Crippen molar-refractivity contribution in [2.24, 2.45) is 0 Å². The second-order valence-electron chi connectivity index (χ2n) is 7.89. The fourth-order valence-corrected chi connectivity index (χ4v) is 3.27. The number of hydrogen-bond donors (Lipinski definition) is 1. The van der Waals surface area contributed by atoms with E-state index in [4.69, 9.17) is 19.3 Å². The number of methoxy groups -OCH3 is 1. The van der Waals surface area contributed by atoms with Crippen molar-refractivity contribution in [1.82, 2.24) is 4.90 Å². The fourth-order valence-electron chi connectivity index (χ4n) is 3.27. The zero-order valence-electron chi connectivity index (χ0n) is 19.1. The van der Waals surface area contributed by atoms with E-state index in [9.17, 15) is 9.59 Å². The van der Waals surface area contributed by atoms with E-state index < -0.39 is 18.0 Å². The minimum Gasteiger partial charge on any atom is -0.497 e. The monoisotopic (exact) mass is 443 g/mol. The van der Waals surface area contributed by atoms with Gasteiger partial charge in [0.15, 0.2) is 0 Å². The van der Waals surface area contributed by atoms with E-state index in [1.807, 2.05) is 55.4 Å². The number of para-hydroxylation sites is 1. The van der Waals surface area contributed by atoms with Gasteiger partial charge in [-0.3, -0.25) is 9.59 Å². The first kappa shape index (κ1) is 25.2. The molecule has 2 aromatic rings. The summed E-state index contributed by atoms with van der Waals surface area (Å²) in [6, 6.07) is 15.9. The third-order valence-corrected chi connectivity index (χ3v) is 4.88. The molecule has 0 saturated carbocycles. The molecular weight excluding hydrogens is 410 g/mol. The summed E-state index contributed by atoms with van der Waals surface area (Å²) in [4.78, 5) is 24.7. The lowest BCUT2D eigenvalue weighted by Crippen LogP contribution is -2.35. The highest BCUT2D eigenvalue weighted by molar-refractivity contribution is 5.71. The van der Waals surface area contributed by atoms with Crippen molar-refractivity contribution < 1.29 is 28.9 Å². The van der Waals surface area contributed by atoms with E-state index in [0.29, 0.717) is 6.54 Å². The number of aliphatic carboxylic acids is 1. The molecule has 2 rings (SSSR count). The third-order valence-electron chi connectivity index (χ3n) is 4.88. The van der Waals surface area contributed by atoms with E-state index >= 15 is 0 Å². The molecule has 0 aliphatic carbocycles. The number of carbonyl (C=O) groups excluding carboxylic acids is 1. The van der Waals surface area contributed by atoms with Gasteiger partial charge >= 0.3 is 11.9 Å². The van der Waals surface area contributed by atoms with Crippen molar-refractivity contribution in [3.8, 4) is 11.5 Å². The van der Waals surface area contributed by atoms with Crippen LogP contribution in [-0.4, -0.2) is 62.4 Å². The number of aryl methyl sites for hydroxylation is 2. The molecule has 2 aromatic carbocycles. The number of carboxylic acid groups (broad SMARTS) is 1. The van der Waals surface area contributed by atoms with Gasteiger partial charge in [0.2, 0.25) is 0 Å². The fraction of sp³-hybridized carbons (Fsp3) is 0.440. The number of esters is 1. The zero-order valence-corrected chi connectivity index (χ0v) is 19.1. The SMILES string of the molecule is COc1ccc(CCc2ccccc2OCC(CN(C)C)OC(=O)CCCC(=O)O)cc1. The molecule has 7 nitrogen and oxygen atoms in total. The lowest BCUT2D eigenvalue weighted by molar-refractivity contribution is -0.151. The summed E-state index contributed by atoms with van der Waals surface area (Å²) in [6.45, 7) is 0.737. The molecular formula is C25H33NO6. The van der Waals surface area contributed by atoms with Gasteiger partial charge in [-0.05, 0) is 62.7 Å². The van der Waals surface area contributed by atoms with Crippen molar-refractivity contribution in [3.05, 3.63) is 59.7 Å². The van der Waals surface area contributed by atoms with Crippen LogP contribution in [0.25, 0.3) is 0 Å². The Morgan fingerprint density at radius 1 is 1.00 bits per heavy atom. The Kier molecular flexibility index (Phi) is 10.5. The summed E-state index contributed by atoms with van der Waals surface area (Å²) >= 11 is 0. The van der Waals surface area contributed by atoms with Crippen LogP contribution in [0.1, 0.15) is 30.4 Å². The molecule has 0 fully saturated rings. The maximum atomic E-state index is 12.1. The van der Waals surface area contributed by atoms with Gasteiger partial charge < -0.3 is 24.2 Å². The first-order chi connectivity index (χ1) is 15.4. The summed E-state index contributed by atoms with van der Waals surface area (Å²) in [6.07, 6.45) is 1.52. The smallest absolute Gasteiger partial charge is 0.306 e. The standard InChI is InChI=1S/C25H33NO6/c1-26(2)17-22(32-25(29)10-6-9-24(27)28)18-31-23-8-5-4-7-20(23)14-11-19-12-15-21(30-3)16-13-19/h4-5,7-8,12-13,15-16,22H,6,9-11,14,17-18H2,1-3H3,(H,27,28). The first-order valence-electron chi connectivity index (χ1n) is 10.8. The number of carboxylic acids is 1. The van der Waals surface area contributed by atoms with Gasteiger partial charge in [0.25, 0.3) is 0 Å². The Morgan fingerprint density at radius 2 is 1.72 bits per heavy atom. The number of hydrogen-bond acceptors (Lipinski definition) is 6. The molecule has 0 aliphatic rings. The van der Waals surface area contributed by atoms with Gasteiger partial charge in [0, 0.05) is 19.4 Å². The van der Waals surface area contributed by atoms with Gasteiger partial charge in [-0.15, -0.1) is 0 Å². The minimum atomic E-state index is -0.919. The maximum Gasteiger partial charge on any atom is 0.306 e. The average Bonchev–Trinajstić information content (AvgIpc) is 2.76. The van der Waals surface area contributed by atoms with Crippen LogP contribution in [0.4, 0.5) is 0 Å². The van der Waals surface area contributed by atoms with Crippen LogP contribution in [0, 0.1) is 0 Å². The van der Waals surface area contributed by atoms with Crippen molar-refractivity contribution in [2.75, 3.05) is 34.4 Å². The van der Waals surface area contributed by atoms with E-state index in [-0.39, 0.29) is 25.9 Å². The van der Waals surface area contributed by atoms with Crippen molar-refractivity contribution in [1.29, 1.82) is 0 Å². The van der Waals surface area contributed by atoms with E-state index in [0.717, 1.165) is 29.9 Å². The Hall–Kier alpha value is -3.06. The van der Waals surface area contributed by atoms with Crippen molar-refractivity contribution in [3.63, 3.8) is 0 Å². The zero-order chi connectivity index (χ0) is 23.3. The summed E-state index contributed by atoms with van der Waals surface area (Å²) < 4.78 is 16.8. The molecule has 1 atom stereocenters. The predicted molar refractivity (Wildman–Crippen MR) is 122 cm³/mol. The molecule has 0 radical (unpaired) electrons. The molecule has 0 heterocycles. The van der Waals surface area contributed by atoms with E-state index in [1.165, 1.54) is 5.56 Å². The van der Waals surface area contributed by atoms with Gasteiger partial charge in [0.1, 0.15) is 24.2 Å². The highest BCUT2D eigenvalue weighted by atomic mass is 16.6. The molecule has 7 heteroatoms. The highest BCUT2D eigenvalue weighted by Gasteiger charge is 2.17. The Labute approximate surface area is 189 Å². The average molecular weight is 444 g/mol. The predicted octanol–water partition coefficient (Wildman–Crippen LogP) is 3.59. The molecule has 1 unspecified atom stereocenters. The molecule has 0 bridgehead atoms. The summed E-state index contributed by atoms with van der Waals surface area (Å²) in [7, 11) is 5.45. The van der Waals surface area contributed by atoms with Crippen molar-refractivity contribution in [2.45, 2.75) is 38.2 Å². The molecule has 1 N–H and O–H groups in total. The molecule has 0 saturated heterocycles. The summed E-state index contributed by atoms with van der Waals surface area (Å²) in [5.74, 6) is 0.278. The van der Waals surface area contributed by atoms with Crippen LogP contribution < -0.4 is 9.47 Å². The van der Waals surface area contributed by atoms with Gasteiger partial charge in [-0.1, -0.05) is 30.3 Å². The van der Waals surface area contributed by atoms with Crippen LogP contribution in [0.2, 0.25) is 0 Å². The quantitative estimate of drug-likeness (QED) is 0.447. The molecule has 0 spiro atoms. The Morgan fingerprint density at radius 3 is 2.38 bits per heavy atom. The van der Waals surface area contributed by atoms with Crippen molar-refractivity contribution >= 4 is 11.9 Å². The second-order valence-corrected chi connectivity index (χ2v) is 7.89. The van der Waals surface area contributed by atoms with Crippen LogP contribution in [0.5, 0.6) is 11.5 Å². The van der Waals surface area contributed by atoms with Gasteiger partial charge in [0.05, 0.1) is 7.11 Å². The normalized spacial score (nSPS) is 11.8. The van der Waals surface area contributed by atoms with Crippen LogP contribution >= 0.6 is 0 Å². The molecule has 32 heavy (non-hydrogen) atoms. The number of nitrogens with zero attached hydrogens (tertiary/aromatic N) is 1. The summed E-state index contributed by atoms with van der Waals surface area (Å²) in [5, 5.41) is 8.72. The number of rotatable bonds is 14. The minimum absolute atomic E-state index is 0.0501.